The van der Waals surface area contributed by atoms with Crippen LogP contribution in [-0.2, 0) is 5.41 Å². The quantitative estimate of drug-likeness (QED) is 0.789. The first-order valence-electron chi connectivity index (χ1n) is 11.0. The van der Waals surface area contributed by atoms with Crippen molar-refractivity contribution in [1.82, 2.24) is 4.90 Å². The van der Waals surface area contributed by atoms with E-state index in [0.717, 1.165) is 18.1 Å². The number of hydrogen-bond acceptors (Lipinski definition) is 4. The lowest BCUT2D eigenvalue weighted by Crippen LogP contribution is -2.65. The molecule has 1 aromatic carbocycles. The van der Waals surface area contributed by atoms with Gasteiger partial charge in [-0.1, -0.05) is 13.0 Å². The van der Waals surface area contributed by atoms with Crippen molar-refractivity contribution < 1.29 is 9.47 Å². The third kappa shape index (κ3) is 1.75. The smallest absolute Gasteiger partial charge is 0.184 e. The summed E-state index contributed by atoms with van der Waals surface area (Å²) in [4.78, 5) is 5.63. The van der Waals surface area contributed by atoms with Gasteiger partial charge in [0.25, 0.3) is 0 Å². The molecule has 1 aromatic rings. The van der Waals surface area contributed by atoms with Gasteiger partial charge in [0.1, 0.15) is 6.61 Å². The second-order valence-electron chi connectivity index (χ2n) is 9.66. The fourth-order valence-corrected chi connectivity index (χ4v) is 8.01. The topological polar surface area (TPSA) is 24.9 Å². The molecule has 1 saturated carbocycles. The predicted octanol–water partition coefficient (Wildman–Crippen LogP) is 3.96. The standard InChI is InChI=1S/C23H32N2O2/c1-4-22-9-5-12-24-13-11-23(21(22)24)16-6-7-17(26-3)20-19(16)25(15(2)14-27-20)18(23)8-10-22/h6-7,15,18,21H,4-5,8-14H2,1-3H3. The molecular weight excluding hydrogens is 336 g/mol. The number of fused-ring (bicyclic) bond motifs is 1. The summed E-state index contributed by atoms with van der Waals surface area (Å²) in [7, 11) is 1.77. The molecule has 4 heterocycles. The first-order valence-corrected chi connectivity index (χ1v) is 11.0. The van der Waals surface area contributed by atoms with E-state index in [-0.39, 0.29) is 5.41 Å². The molecule has 0 aromatic heterocycles. The Hall–Kier alpha value is -1.42. The Bertz CT molecular complexity index is 795. The van der Waals surface area contributed by atoms with Crippen LogP contribution in [0.4, 0.5) is 5.69 Å². The maximum atomic E-state index is 6.27. The molecule has 27 heavy (non-hydrogen) atoms. The molecule has 0 radical (unpaired) electrons. The van der Waals surface area contributed by atoms with Gasteiger partial charge in [0.05, 0.1) is 18.8 Å². The van der Waals surface area contributed by atoms with Gasteiger partial charge in [-0.05, 0) is 75.6 Å². The van der Waals surface area contributed by atoms with E-state index in [1.165, 1.54) is 57.3 Å². The van der Waals surface area contributed by atoms with Crippen LogP contribution in [0.25, 0.3) is 0 Å². The van der Waals surface area contributed by atoms with Gasteiger partial charge in [-0.2, -0.15) is 0 Å². The minimum atomic E-state index is 0.285. The minimum absolute atomic E-state index is 0.285. The summed E-state index contributed by atoms with van der Waals surface area (Å²) in [5.74, 6) is 1.91. The van der Waals surface area contributed by atoms with Crippen LogP contribution in [0.2, 0.25) is 0 Å². The summed E-state index contributed by atoms with van der Waals surface area (Å²) in [6.07, 6.45) is 8.16. The summed E-state index contributed by atoms with van der Waals surface area (Å²) in [5, 5.41) is 0. The van der Waals surface area contributed by atoms with Gasteiger partial charge in [0.15, 0.2) is 11.5 Å². The van der Waals surface area contributed by atoms with E-state index in [2.05, 4.69) is 35.8 Å². The van der Waals surface area contributed by atoms with E-state index in [9.17, 15) is 0 Å². The molecule has 5 atom stereocenters. The number of rotatable bonds is 2. The average molecular weight is 369 g/mol. The van der Waals surface area contributed by atoms with Crippen LogP contribution >= 0.6 is 0 Å². The normalized spacial score (nSPS) is 41.6. The van der Waals surface area contributed by atoms with E-state index >= 15 is 0 Å². The number of ether oxygens (including phenoxy) is 2. The van der Waals surface area contributed by atoms with Crippen molar-refractivity contribution in [1.29, 1.82) is 0 Å². The third-order valence-corrected chi connectivity index (χ3v) is 8.93. The van der Waals surface area contributed by atoms with E-state index in [4.69, 9.17) is 9.47 Å². The van der Waals surface area contributed by atoms with Crippen molar-refractivity contribution in [2.75, 3.05) is 31.7 Å². The number of anilines is 1. The van der Waals surface area contributed by atoms with Gasteiger partial charge in [0.2, 0.25) is 0 Å². The number of piperidine rings is 1. The van der Waals surface area contributed by atoms with Crippen molar-refractivity contribution in [3.63, 3.8) is 0 Å². The van der Waals surface area contributed by atoms with Gasteiger partial charge in [-0.3, -0.25) is 4.90 Å². The maximum Gasteiger partial charge on any atom is 0.184 e. The molecule has 6 rings (SSSR count). The first kappa shape index (κ1) is 16.5. The van der Waals surface area contributed by atoms with Crippen LogP contribution in [0.5, 0.6) is 11.5 Å². The second-order valence-corrected chi connectivity index (χ2v) is 9.66. The Kier molecular flexibility index (Phi) is 3.27. The fourth-order valence-electron chi connectivity index (χ4n) is 8.01. The average Bonchev–Trinajstić information content (AvgIpc) is 3.24. The highest BCUT2D eigenvalue weighted by Gasteiger charge is 2.68. The number of benzene rings is 1. The maximum absolute atomic E-state index is 6.27. The lowest BCUT2D eigenvalue weighted by Gasteiger charge is -2.59. The summed E-state index contributed by atoms with van der Waals surface area (Å²) >= 11 is 0. The zero-order valence-electron chi connectivity index (χ0n) is 17.0. The van der Waals surface area contributed by atoms with Crippen LogP contribution in [0, 0.1) is 5.41 Å². The van der Waals surface area contributed by atoms with E-state index < -0.39 is 0 Å². The Morgan fingerprint density at radius 3 is 2.93 bits per heavy atom. The lowest BCUT2D eigenvalue weighted by atomic mass is 9.52. The monoisotopic (exact) mass is 368 g/mol. The Morgan fingerprint density at radius 1 is 1.22 bits per heavy atom. The molecule has 146 valence electrons. The van der Waals surface area contributed by atoms with Crippen molar-refractivity contribution in [2.24, 2.45) is 5.41 Å². The zero-order valence-corrected chi connectivity index (χ0v) is 17.0. The number of methoxy groups -OCH3 is 1. The lowest BCUT2D eigenvalue weighted by molar-refractivity contribution is -0.0352. The van der Waals surface area contributed by atoms with Gasteiger partial charge < -0.3 is 14.4 Å². The Balaban J connectivity index is 1.61. The highest BCUT2D eigenvalue weighted by molar-refractivity contribution is 5.78. The molecule has 0 amide bonds. The molecule has 4 heteroatoms. The van der Waals surface area contributed by atoms with Gasteiger partial charge in [-0.15, -0.1) is 0 Å². The summed E-state index contributed by atoms with van der Waals surface area (Å²) < 4.78 is 12.0. The largest absolute Gasteiger partial charge is 0.493 e. The zero-order chi connectivity index (χ0) is 18.4. The highest BCUT2D eigenvalue weighted by Crippen LogP contribution is 2.68. The predicted molar refractivity (Wildman–Crippen MR) is 107 cm³/mol. The molecule has 5 unspecified atom stereocenters. The third-order valence-electron chi connectivity index (χ3n) is 8.93. The summed E-state index contributed by atoms with van der Waals surface area (Å²) in [6, 6.07) is 6.35. The van der Waals surface area contributed by atoms with E-state index in [1.807, 2.05) is 0 Å². The van der Waals surface area contributed by atoms with Crippen molar-refractivity contribution in [2.45, 2.75) is 75.9 Å². The van der Waals surface area contributed by atoms with Crippen LogP contribution < -0.4 is 14.4 Å². The second kappa shape index (κ2) is 5.34. The molecule has 5 aliphatic rings. The first-order chi connectivity index (χ1) is 13.2. The van der Waals surface area contributed by atoms with Crippen molar-refractivity contribution >= 4 is 5.69 Å². The minimum Gasteiger partial charge on any atom is -0.493 e. The van der Waals surface area contributed by atoms with Crippen molar-refractivity contribution in [3.05, 3.63) is 17.7 Å². The molecule has 0 bridgehead atoms. The molecule has 2 saturated heterocycles. The SMILES string of the molecule is CCC12CCCN3CCC4(c5ccc(OC)c6c5N(C(C)CO6)C4CC1)C32. The van der Waals surface area contributed by atoms with Gasteiger partial charge >= 0.3 is 0 Å². The molecule has 1 spiro atoms. The van der Waals surface area contributed by atoms with Gasteiger partial charge in [-0.25, -0.2) is 0 Å². The molecular formula is C23H32N2O2. The van der Waals surface area contributed by atoms with Crippen LogP contribution in [0.1, 0.15) is 57.9 Å². The molecule has 1 aliphatic carbocycles. The molecule has 4 nitrogen and oxygen atoms in total. The van der Waals surface area contributed by atoms with Gasteiger partial charge in [0, 0.05) is 17.5 Å². The van der Waals surface area contributed by atoms with E-state index in [0.29, 0.717) is 23.5 Å². The molecule has 4 aliphatic heterocycles. The molecule has 0 N–H and O–H groups in total. The Labute approximate surface area is 162 Å². The summed E-state index contributed by atoms with van der Waals surface area (Å²) in [5.41, 5.74) is 3.74. The van der Waals surface area contributed by atoms with Crippen molar-refractivity contribution in [3.8, 4) is 11.5 Å². The molecule has 3 fully saturated rings. The number of nitrogens with zero attached hydrogens (tertiary/aromatic N) is 2. The van der Waals surface area contributed by atoms with Crippen LogP contribution in [0.15, 0.2) is 12.1 Å². The fraction of sp³-hybridized carbons (Fsp3) is 0.739. The summed E-state index contributed by atoms with van der Waals surface area (Å²) in [6.45, 7) is 8.14. The van der Waals surface area contributed by atoms with E-state index in [1.54, 1.807) is 12.7 Å². The van der Waals surface area contributed by atoms with Crippen LogP contribution in [-0.4, -0.2) is 49.8 Å². The number of hydrogen-bond donors (Lipinski definition) is 0. The highest BCUT2D eigenvalue weighted by atomic mass is 16.5. The Morgan fingerprint density at radius 2 is 2.11 bits per heavy atom. The van der Waals surface area contributed by atoms with Crippen LogP contribution in [0.3, 0.4) is 0 Å².